The van der Waals surface area contributed by atoms with Crippen molar-refractivity contribution in [3.8, 4) is 11.8 Å². The summed E-state index contributed by atoms with van der Waals surface area (Å²) >= 11 is 3.41. The van der Waals surface area contributed by atoms with Crippen molar-refractivity contribution in [3.05, 3.63) is 34.3 Å². The predicted octanol–water partition coefficient (Wildman–Crippen LogP) is 2.76. The Morgan fingerprint density at radius 3 is 2.60 bits per heavy atom. The highest BCUT2D eigenvalue weighted by atomic mass is 79.9. The van der Waals surface area contributed by atoms with Crippen LogP contribution in [-0.2, 0) is 0 Å². The Morgan fingerprint density at radius 2 is 2.07 bits per heavy atom. The molecule has 2 nitrogen and oxygen atoms in total. The number of benzene rings is 1. The lowest BCUT2D eigenvalue weighted by Crippen LogP contribution is -2.27. The van der Waals surface area contributed by atoms with Gasteiger partial charge in [0.2, 0.25) is 0 Å². The highest BCUT2D eigenvalue weighted by Gasteiger charge is 2.07. The molecule has 0 aliphatic heterocycles. The molecule has 3 heteroatoms. The van der Waals surface area contributed by atoms with Crippen molar-refractivity contribution in [2.24, 2.45) is 5.84 Å². The van der Waals surface area contributed by atoms with Gasteiger partial charge < -0.3 is 0 Å². The van der Waals surface area contributed by atoms with Crippen molar-refractivity contribution in [1.82, 2.24) is 5.43 Å². The summed E-state index contributed by atoms with van der Waals surface area (Å²) in [6, 6.07) is 8.34. The van der Waals surface area contributed by atoms with Gasteiger partial charge in [-0.15, -0.1) is 11.8 Å². The number of hydrazine groups is 1. The van der Waals surface area contributed by atoms with Gasteiger partial charge in [-0.05, 0) is 31.0 Å². The van der Waals surface area contributed by atoms with E-state index < -0.39 is 0 Å². The lowest BCUT2D eigenvalue weighted by Gasteiger charge is -2.14. The van der Waals surface area contributed by atoms with E-state index in [2.05, 4.69) is 45.3 Å². The van der Waals surface area contributed by atoms with E-state index in [1.807, 2.05) is 19.1 Å². The third-order valence-corrected chi connectivity index (χ3v) is 2.74. The van der Waals surface area contributed by atoms with Gasteiger partial charge in [0.25, 0.3) is 0 Å². The molecule has 80 valence electrons. The third-order valence-electron chi connectivity index (χ3n) is 2.21. The van der Waals surface area contributed by atoms with Crippen molar-refractivity contribution in [2.45, 2.75) is 25.8 Å². The van der Waals surface area contributed by atoms with Gasteiger partial charge in [0.1, 0.15) is 0 Å². The molecule has 3 N–H and O–H groups in total. The maximum Gasteiger partial charge on any atom is 0.0469 e. The Kier molecular flexibility index (Phi) is 5.41. The molecule has 0 aliphatic carbocycles. The van der Waals surface area contributed by atoms with Crippen LogP contribution in [0.1, 0.15) is 31.4 Å². The van der Waals surface area contributed by atoms with E-state index in [0.717, 1.165) is 17.3 Å². The van der Waals surface area contributed by atoms with Crippen LogP contribution in [0.3, 0.4) is 0 Å². The molecule has 1 atom stereocenters. The van der Waals surface area contributed by atoms with E-state index in [4.69, 9.17) is 5.84 Å². The maximum atomic E-state index is 5.52. The monoisotopic (exact) mass is 266 g/mol. The number of halogens is 1. The van der Waals surface area contributed by atoms with Crippen LogP contribution in [0.4, 0.5) is 0 Å². The molecule has 1 rings (SSSR count). The summed E-state index contributed by atoms with van der Waals surface area (Å²) < 4.78 is 1.08. The molecule has 0 fully saturated rings. The SMILES string of the molecule is CC#CCCC(NN)c1ccc(Br)cc1. The summed E-state index contributed by atoms with van der Waals surface area (Å²) in [5.74, 6) is 11.4. The standard InChI is InChI=1S/C12H15BrN2/c1-2-3-4-5-12(15-14)10-6-8-11(13)9-7-10/h6-9,12,15H,4-5,14H2,1H3. The lowest BCUT2D eigenvalue weighted by molar-refractivity contribution is 0.524. The van der Waals surface area contributed by atoms with Crippen LogP contribution in [0.15, 0.2) is 28.7 Å². The summed E-state index contributed by atoms with van der Waals surface area (Å²) in [4.78, 5) is 0. The minimum atomic E-state index is 0.180. The molecule has 15 heavy (non-hydrogen) atoms. The first-order valence-corrected chi connectivity index (χ1v) is 5.68. The average Bonchev–Trinajstić information content (AvgIpc) is 2.26. The Balaban J connectivity index is 2.64. The molecule has 0 heterocycles. The Morgan fingerprint density at radius 1 is 1.40 bits per heavy atom. The van der Waals surface area contributed by atoms with Gasteiger partial charge in [-0.3, -0.25) is 11.3 Å². The minimum absolute atomic E-state index is 0.180. The normalized spacial score (nSPS) is 11.7. The van der Waals surface area contributed by atoms with Crippen LogP contribution in [0.2, 0.25) is 0 Å². The minimum Gasteiger partial charge on any atom is -0.271 e. The molecule has 0 radical (unpaired) electrons. The smallest absolute Gasteiger partial charge is 0.0469 e. The molecule has 1 unspecified atom stereocenters. The Hall–Kier alpha value is -0.820. The van der Waals surface area contributed by atoms with Crippen molar-refractivity contribution in [3.63, 3.8) is 0 Å². The summed E-state index contributed by atoms with van der Waals surface area (Å²) in [5.41, 5.74) is 4.01. The van der Waals surface area contributed by atoms with Gasteiger partial charge in [-0.25, -0.2) is 0 Å². The summed E-state index contributed by atoms with van der Waals surface area (Å²) in [6.45, 7) is 1.85. The molecule has 1 aromatic rings. The van der Waals surface area contributed by atoms with Gasteiger partial charge in [0, 0.05) is 16.9 Å². The fraction of sp³-hybridized carbons (Fsp3) is 0.333. The number of rotatable bonds is 4. The summed E-state index contributed by atoms with van der Waals surface area (Å²) in [7, 11) is 0. The molecule has 0 amide bonds. The van der Waals surface area contributed by atoms with Gasteiger partial charge in [-0.1, -0.05) is 28.1 Å². The van der Waals surface area contributed by atoms with E-state index in [9.17, 15) is 0 Å². The molecular formula is C12H15BrN2. The number of nitrogens with one attached hydrogen (secondary N) is 1. The molecule has 0 saturated carbocycles. The molecule has 0 spiro atoms. The Bertz CT molecular complexity index is 348. The second kappa shape index (κ2) is 6.62. The van der Waals surface area contributed by atoms with Crippen LogP contribution in [0.25, 0.3) is 0 Å². The topological polar surface area (TPSA) is 38.0 Å². The largest absolute Gasteiger partial charge is 0.271 e. The fourth-order valence-corrected chi connectivity index (χ4v) is 1.65. The van der Waals surface area contributed by atoms with E-state index in [0.29, 0.717) is 0 Å². The van der Waals surface area contributed by atoms with Gasteiger partial charge in [0.05, 0.1) is 0 Å². The van der Waals surface area contributed by atoms with Crippen molar-refractivity contribution in [2.75, 3.05) is 0 Å². The zero-order valence-corrected chi connectivity index (χ0v) is 10.3. The van der Waals surface area contributed by atoms with E-state index in [1.165, 1.54) is 5.56 Å². The first-order valence-electron chi connectivity index (χ1n) is 4.89. The zero-order valence-electron chi connectivity index (χ0n) is 8.76. The van der Waals surface area contributed by atoms with Crippen LogP contribution < -0.4 is 11.3 Å². The van der Waals surface area contributed by atoms with E-state index in [-0.39, 0.29) is 6.04 Å². The summed E-state index contributed by atoms with van der Waals surface area (Å²) in [6.07, 6.45) is 1.79. The lowest BCUT2D eigenvalue weighted by atomic mass is 10.0. The quantitative estimate of drug-likeness (QED) is 0.500. The first kappa shape index (κ1) is 12.3. The molecule has 1 aromatic carbocycles. The average molecular weight is 267 g/mol. The predicted molar refractivity (Wildman–Crippen MR) is 66.9 cm³/mol. The van der Waals surface area contributed by atoms with Crippen LogP contribution in [-0.4, -0.2) is 0 Å². The zero-order chi connectivity index (χ0) is 11.1. The van der Waals surface area contributed by atoms with Crippen molar-refractivity contribution < 1.29 is 0 Å². The Labute approximate surface area is 99.3 Å². The van der Waals surface area contributed by atoms with Crippen LogP contribution in [0.5, 0.6) is 0 Å². The third kappa shape index (κ3) is 4.05. The molecule has 0 saturated heterocycles. The van der Waals surface area contributed by atoms with E-state index in [1.54, 1.807) is 0 Å². The maximum absolute atomic E-state index is 5.52. The fourth-order valence-electron chi connectivity index (χ4n) is 1.38. The first-order chi connectivity index (χ1) is 7.27. The van der Waals surface area contributed by atoms with E-state index >= 15 is 0 Å². The summed E-state index contributed by atoms with van der Waals surface area (Å²) in [5, 5.41) is 0. The second-order valence-electron chi connectivity index (χ2n) is 3.24. The van der Waals surface area contributed by atoms with Gasteiger partial charge in [0.15, 0.2) is 0 Å². The number of nitrogens with two attached hydrogens (primary N) is 1. The number of hydrogen-bond donors (Lipinski definition) is 2. The van der Waals surface area contributed by atoms with Crippen molar-refractivity contribution in [1.29, 1.82) is 0 Å². The molecule has 0 aromatic heterocycles. The second-order valence-corrected chi connectivity index (χ2v) is 4.15. The molecule has 0 aliphatic rings. The van der Waals surface area contributed by atoms with Crippen LogP contribution in [0, 0.1) is 11.8 Å². The highest BCUT2D eigenvalue weighted by Crippen LogP contribution is 2.19. The number of hydrogen-bond acceptors (Lipinski definition) is 2. The molecule has 0 bridgehead atoms. The van der Waals surface area contributed by atoms with Crippen LogP contribution >= 0.6 is 15.9 Å². The van der Waals surface area contributed by atoms with Crippen molar-refractivity contribution >= 4 is 15.9 Å². The van der Waals surface area contributed by atoms with Gasteiger partial charge in [-0.2, -0.15) is 0 Å². The highest BCUT2D eigenvalue weighted by molar-refractivity contribution is 9.10. The molecular weight excluding hydrogens is 252 g/mol. The van der Waals surface area contributed by atoms with Gasteiger partial charge >= 0.3 is 0 Å².